The maximum Gasteiger partial charge on any atom is 0.259 e. The number of rotatable bonds is 1. The van der Waals surface area contributed by atoms with Crippen molar-refractivity contribution in [1.82, 2.24) is 0 Å². The van der Waals surface area contributed by atoms with E-state index >= 15 is 0 Å². The summed E-state index contributed by atoms with van der Waals surface area (Å²) in [5, 5.41) is 0. The molecule has 1 aliphatic heterocycles. The summed E-state index contributed by atoms with van der Waals surface area (Å²) in [6.45, 7) is 1.97. The number of hydrogen-bond acceptors (Lipinski definition) is 2. The maximum absolute atomic E-state index is 13.6. The second-order valence-electron chi connectivity index (χ2n) is 5.22. The number of carbonyl (C=O) groups excluding carboxylic acids is 1. The van der Waals surface area contributed by atoms with Crippen molar-refractivity contribution in [3.63, 3.8) is 0 Å². The van der Waals surface area contributed by atoms with Crippen LogP contribution in [-0.2, 0) is 6.42 Å². The molecule has 1 heterocycles. The van der Waals surface area contributed by atoms with Crippen LogP contribution in [0.15, 0.2) is 40.9 Å². The molecule has 21 heavy (non-hydrogen) atoms. The summed E-state index contributed by atoms with van der Waals surface area (Å²) in [6, 6.07) is 10.0. The molecule has 3 nitrogen and oxygen atoms in total. The van der Waals surface area contributed by atoms with Crippen LogP contribution in [-0.4, -0.2) is 11.9 Å². The average Bonchev–Trinajstić information content (AvgIpc) is 2.76. The molecule has 0 bridgehead atoms. The van der Waals surface area contributed by atoms with Crippen LogP contribution < -0.4 is 10.6 Å². The highest BCUT2D eigenvalue weighted by molar-refractivity contribution is 9.10. The van der Waals surface area contributed by atoms with Crippen molar-refractivity contribution in [2.75, 3.05) is 10.6 Å². The summed E-state index contributed by atoms with van der Waals surface area (Å²) < 4.78 is 13.8. The Balaban J connectivity index is 2.05. The fraction of sp³-hybridized carbons (Fsp3) is 0.188. The number of hydrogen-bond donors (Lipinski definition) is 1. The molecule has 0 radical (unpaired) electrons. The molecule has 2 N–H and O–H groups in total. The Morgan fingerprint density at radius 2 is 2.14 bits per heavy atom. The van der Waals surface area contributed by atoms with Crippen LogP contribution >= 0.6 is 15.9 Å². The van der Waals surface area contributed by atoms with Crippen molar-refractivity contribution in [1.29, 1.82) is 0 Å². The van der Waals surface area contributed by atoms with Gasteiger partial charge in [-0.3, -0.25) is 4.79 Å². The second-order valence-corrected chi connectivity index (χ2v) is 6.01. The van der Waals surface area contributed by atoms with Gasteiger partial charge in [-0.05, 0) is 65.2 Å². The van der Waals surface area contributed by atoms with E-state index in [0.717, 1.165) is 17.7 Å². The zero-order chi connectivity index (χ0) is 15.1. The Bertz CT molecular complexity index is 732. The topological polar surface area (TPSA) is 46.3 Å². The van der Waals surface area contributed by atoms with Gasteiger partial charge in [-0.1, -0.05) is 6.07 Å². The molecule has 1 aliphatic rings. The molecule has 1 amide bonds. The van der Waals surface area contributed by atoms with Crippen LogP contribution in [0.1, 0.15) is 22.8 Å². The smallest absolute Gasteiger partial charge is 0.259 e. The minimum atomic E-state index is -0.440. The first kappa shape index (κ1) is 14.1. The summed E-state index contributed by atoms with van der Waals surface area (Å²) in [5.74, 6) is -0.650. The summed E-state index contributed by atoms with van der Waals surface area (Å²) in [5.41, 5.74) is 8.69. The fourth-order valence-corrected chi connectivity index (χ4v) is 3.19. The zero-order valence-corrected chi connectivity index (χ0v) is 13.0. The minimum absolute atomic E-state index is 0.0180. The first-order valence-corrected chi connectivity index (χ1v) is 7.44. The van der Waals surface area contributed by atoms with Gasteiger partial charge in [0.25, 0.3) is 5.91 Å². The largest absolute Gasteiger partial charge is 0.399 e. The lowest BCUT2D eigenvalue weighted by atomic mass is 10.1. The number of halogens is 2. The lowest BCUT2D eigenvalue weighted by Gasteiger charge is -2.23. The number of amides is 1. The Labute approximate surface area is 130 Å². The van der Waals surface area contributed by atoms with Crippen LogP contribution in [0.3, 0.4) is 0 Å². The van der Waals surface area contributed by atoms with Gasteiger partial charge in [-0.2, -0.15) is 0 Å². The molecule has 1 unspecified atom stereocenters. The van der Waals surface area contributed by atoms with Gasteiger partial charge in [0, 0.05) is 17.4 Å². The Morgan fingerprint density at radius 1 is 1.38 bits per heavy atom. The van der Waals surface area contributed by atoms with Crippen LogP contribution in [0.5, 0.6) is 0 Å². The van der Waals surface area contributed by atoms with E-state index < -0.39 is 5.82 Å². The quantitative estimate of drug-likeness (QED) is 0.797. The van der Waals surface area contributed by atoms with Crippen LogP contribution in [0.25, 0.3) is 0 Å². The molecule has 0 saturated carbocycles. The Kier molecular flexibility index (Phi) is 3.45. The average molecular weight is 349 g/mol. The van der Waals surface area contributed by atoms with Crippen molar-refractivity contribution < 1.29 is 9.18 Å². The van der Waals surface area contributed by atoms with Gasteiger partial charge in [-0.15, -0.1) is 0 Å². The van der Waals surface area contributed by atoms with E-state index in [4.69, 9.17) is 5.73 Å². The highest BCUT2D eigenvalue weighted by atomic mass is 79.9. The number of nitrogens with zero attached hydrogens (tertiary/aromatic N) is 1. The maximum atomic E-state index is 13.6. The van der Waals surface area contributed by atoms with Gasteiger partial charge < -0.3 is 10.6 Å². The molecule has 0 saturated heterocycles. The van der Waals surface area contributed by atoms with Crippen LogP contribution in [0, 0.1) is 5.82 Å². The van der Waals surface area contributed by atoms with Crippen molar-refractivity contribution >= 4 is 33.2 Å². The Morgan fingerprint density at radius 3 is 2.90 bits per heavy atom. The fourth-order valence-electron chi connectivity index (χ4n) is 2.76. The highest BCUT2D eigenvalue weighted by Crippen LogP contribution is 2.35. The molecule has 1 atom stereocenters. The summed E-state index contributed by atoms with van der Waals surface area (Å²) in [6.07, 6.45) is 0.749. The van der Waals surface area contributed by atoms with Gasteiger partial charge in [0.2, 0.25) is 0 Å². The third-order valence-electron chi connectivity index (χ3n) is 3.72. The molecule has 0 aromatic heterocycles. The monoisotopic (exact) mass is 348 g/mol. The number of carbonyl (C=O) groups is 1. The van der Waals surface area contributed by atoms with E-state index in [1.807, 2.05) is 19.1 Å². The number of nitrogens with two attached hydrogens (primary N) is 1. The highest BCUT2D eigenvalue weighted by Gasteiger charge is 2.32. The molecule has 0 aliphatic carbocycles. The molecule has 0 spiro atoms. The molecule has 3 rings (SSSR count). The second kappa shape index (κ2) is 5.15. The molecule has 2 aromatic rings. The third kappa shape index (κ3) is 2.31. The number of benzene rings is 2. The van der Waals surface area contributed by atoms with E-state index in [1.54, 1.807) is 17.0 Å². The molecular weight excluding hydrogens is 335 g/mol. The molecule has 2 aromatic carbocycles. The van der Waals surface area contributed by atoms with Crippen LogP contribution in [0.2, 0.25) is 0 Å². The predicted molar refractivity (Wildman–Crippen MR) is 84.9 cm³/mol. The van der Waals surface area contributed by atoms with Crippen LogP contribution in [0.4, 0.5) is 15.8 Å². The summed E-state index contributed by atoms with van der Waals surface area (Å²) in [4.78, 5) is 14.5. The van der Waals surface area contributed by atoms with Crippen molar-refractivity contribution in [3.8, 4) is 0 Å². The number of fused-ring (bicyclic) bond motifs is 1. The van der Waals surface area contributed by atoms with E-state index in [1.165, 1.54) is 12.1 Å². The first-order chi connectivity index (χ1) is 9.99. The zero-order valence-electron chi connectivity index (χ0n) is 11.4. The van der Waals surface area contributed by atoms with Gasteiger partial charge >= 0.3 is 0 Å². The van der Waals surface area contributed by atoms with Gasteiger partial charge in [0.15, 0.2) is 0 Å². The van der Waals surface area contributed by atoms with E-state index in [2.05, 4.69) is 15.9 Å². The van der Waals surface area contributed by atoms with Gasteiger partial charge in [0.1, 0.15) is 5.82 Å². The van der Waals surface area contributed by atoms with E-state index in [0.29, 0.717) is 11.3 Å². The number of nitrogen functional groups attached to an aromatic ring is 1. The van der Waals surface area contributed by atoms with E-state index in [-0.39, 0.29) is 16.4 Å². The molecular formula is C16H14BrFN2O. The predicted octanol–water partition coefficient (Wildman–Crippen LogP) is 3.76. The third-order valence-corrected chi connectivity index (χ3v) is 4.53. The molecule has 5 heteroatoms. The minimum Gasteiger partial charge on any atom is -0.399 e. The van der Waals surface area contributed by atoms with Gasteiger partial charge in [-0.25, -0.2) is 4.39 Å². The lowest BCUT2D eigenvalue weighted by molar-refractivity contribution is 0.0980. The lowest BCUT2D eigenvalue weighted by Crippen LogP contribution is -2.36. The van der Waals surface area contributed by atoms with E-state index in [9.17, 15) is 9.18 Å². The van der Waals surface area contributed by atoms with Crippen molar-refractivity contribution in [3.05, 3.63) is 57.8 Å². The first-order valence-electron chi connectivity index (χ1n) is 6.65. The Hall–Kier alpha value is -1.88. The normalized spacial score (nSPS) is 16.9. The SMILES string of the molecule is CC1Cc2cc(N)ccc2N1C(=O)c1cccc(F)c1Br. The summed E-state index contributed by atoms with van der Waals surface area (Å²) >= 11 is 3.16. The summed E-state index contributed by atoms with van der Waals surface area (Å²) in [7, 11) is 0. The van der Waals surface area contributed by atoms with Crippen molar-refractivity contribution in [2.24, 2.45) is 0 Å². The van der Waals surface area contributed by atoms with Gasteiger partial charge in [0.05, 0.1) is 10.0 Å². The molecule has 0 fully saturated rings. The molecule has 108 valence electrons. The van der Waals surface area contributed by atoms with Crippen molar-refractivity contribution in [2.45, 2.75) is 19.4 Å². The number of anilines is 2. The standard InChI is InChI=1S/C16H14BrFN2O/c1-9-7-10-8-11(19)5-6-14(10)20(9)16(21)12-3-2-4-13(18)15(12)17/h2-6,8-9H,7,19H2,1H3.